The van der Waals surface area contributed by atoms with Crippen molar-refractivity contribution in [3.8, 4) is 0 Å². The van der Waals surface area contributed by atoms with Crippen molar-refractivity contribution < 1.29 is 0 Å². The summed E-state index contributed by atoms with van der Waals surface area (Å²) < 4.78 is 0. The third-order valence-corrected chi connectivity index (χ3v) is 4.84. The van der Waals surface area contributed by atoms with Crippen LogP contribution in [-0.2, 0) is 0 Å². The molecule has 2 aromatic carbocycles. The molecule has 0 aliphatic heterocycles. The van der Waals surface area contributed by atoms with Gasteiger partial charge in [0.1, 0.15) is 0 Å². The summed E-state index contributed by atoms with van der Waals surface area (Å²) in [6, 6.07) is 16.6. The molecule has 1 aromatic heterocycles. The standard InChI is InChI=1S/C22H27N3S/c1-2-3-4-5-6-9-14-23-22(26)24-19-13-12-18-15-17-10-7-8-11-20(17)25-21(18)16-19/h7-8,10-13,15-16H,2-6,9,14H2,1H3,(H2,23,24,26). The van der Waals surface area contributed by atoms with Gasteiger partial charge in [0, 0.05) is 23.0 Å². The second-order valence-corrected chi connectivity index (χ2v) is 7.15. The van der Waals surface area contributed by atoms with E-state index in [4.69, 9.17) is 17.2 Å². The molecule has 4 heteroatoms. The lowest BCUT2D eigenvalue weighted by Gasteiger charge is -2.11. The zero-order valence-electron chi connectivity index (χ0n) is 15.4. The molecule has 0 saturated carbocycles. The Bertz CT molecular complexity index is 876. The summed E-state index contributed by atoms with van der Waals surface area (Å²) in [4.78, 5) is 4.75. The minimum Gasteiger partial charge on any atom is -0.362 e. The third kappa shape index (κ3) is 5.15. The predicted octanol–water partition coefficient (Wildman–Crippen LogP) is 6.03. The minimum absolute atomic E-state index is 0.679. The number of fused-ring (bicyclic) bond motifs is 2. The molecule has 3 aromatic rings. The molecule has 0 aliphatic carbocycles. The molecule has 136 valence electrons. The van der Waals surface area contributed by atoms with E-state index in [1.165, 1.54) is 32.1 Å². The van der Waals surface area contributed by atoms with Crippen LogP contribution in [0, 0.1) is 0 Å². The predicted molar refractivity (Wildman–Crippen MR) is 117 cm³/mol. The van der Waals surface area contributed by atoms with Crippen molar-refractivity contribution in [3.63, 3.8) is 0 Å². The molecular formula is C22H27N3S. The molecule has 0 spiro atoms. The molecule has 0 saturated heterocycles. The number of hydrogen-bond acceptors (Lipinski definition) is 2. The first-order valence-corrected chi connectivity index (χ1v) is 10.0. The van der Waals surface area contributed by atoms with Crippen molar-refractivity contribution in [2.45, 2.75) is 45.4 Å². The zero-order chi connectivity index (χ0) is 18.2. The third-order valence-electron chi connectivity index (χ3n) is 4.59. The summed E-state index contributed by atoms with van der Waals surface area (Å²) in [7, 11) is 0. The van der Waals surface area contributed by atoms with E-state index >= 15 is 0 Å². The van der Waals surface area contributed by atoms with Crippen molar-refractivity contribution >= 4 is 44.8 Å². The van der Waals surface area contributed by atoms with Gasteiger partial charge in [0.15, 0.2) is 5.11 Å². The Balaban J connectivity index is 1.53. The van der Waals surface area contributed by atoms with Gasteiger partial charge in [-0.25, -0.2) is 4.98 Å². The van der Waals surface area contributed by atoms with E-state index in [0.29, 0.717) is 5.11 Å². The van der Waals surface area contributed by atoms with E-state index in [1.807, 2.05) is 18.2 Å². The molecule has 0 atom stereocenters. The maximum absolute atomic E-state index is 5.41. The van der Waals surface area contributed by atoms with Crippen LogP contribution in [0.4, 0.5) is 5.69 Å². The first kappa shape index (κ1) is 18.6. The molecule has 26 heavy (non-hydrogen) atoms. The highest BCUT2D eigenvalue weighted by atomic mass is 32.1. The first-order chi connectivity index (χ1) is 12.8. The second-order valence-electron chi connectivity index (χ2n) is 6.74. The summed E-state index contributed by atoms with van der Waals surface area (Å²) in [5.41, 5.74) is 2.97. The number of nitrogens with one attached hydrogen (secondary N) is 2. The number of para-hydroxylation sites is 1. The van der Waals surface area contributed by atoms with Crippen molar-refractivity contribution in [1.82, 2.24) is 10.3 Å². The van der Waals surface area contributed by atoms with E-state index in [0.717, 1.165) is 40.5 Å². The molecule has 1 heterocycles. The number of thiocarbonyl (C=S) groups is 1. The fourth-order valence-corrected chi connectivity index (χ4v) is 3.35. The normalized spacial score (nSPS) is 11.0. The van der Waals surface area contributed by atoms with Gasteiger partial charge in [-0.15, -0.1) is 0 Å². The van der Waals surface area contributed by atoms with Gasteiger partial charge in [0.2, 0.25) is 0 Å². The average molecular weight is 366 g/mol. The Hall–Kier alpha value is -2.20. The molecule has 0 bridgehead atoms. The summed E-state index contributed by atoms with van der Waals surface area (Å²) >= 11 is 5.41. The number of pyridine rings is 1. The van der Waals surface area contributed by atoms with Crippen molar-refractivity contribution in [1.29, 1.82) is 0 Å². The Morgan fingerprint density at radius 1 is 0.885 bits per heavy atom. The largest absolute Gasteiger partial charge is 0.362 e. The number of unbranched alkanes of at least 4 members (excludes halogenated alkanes) is 5. The topological polar surface area (TPSA) is 37.0 Å². The Kier molecular flexibility index (Phi) is 6.78. The van der Waals surface area contributed by atoms with E-state index in [9.17, 15) is 0 Å². The summed E-state index contributed by atoms with van der Waals surface area (Å²) in [5, 5.41) is 9.56. The van der Waals surface area contributed by atoms with Gasteiger partial charge in [0.25, 0.3) is 0 Å². The van der Waals surface area contributed by atoms with Gasteiger partial charge in [-0.2, -0.15) is 0 Å². The number of aromatic nitrogens is 1. The lowest BCUT2D eigenvalue weighted by molar-refractivity contribution is 0.603. The van der Waals surface area contributed by atoms with Crippen LogP contribution >= 0.6 is 12.2 Å². The van der Waals surface area contributed by atoms with Crippen LogP contribution in [0.5, 0.6) is 0 Å². The molecule has 3 nitrogen and oxygen atoms in total. The van der Waals surface area contributed by atoms with Crippen LogP contribution < -0.4 is 10.6 Å². The number of anilines is 1. The van der Waals surface area contributed by atoms with E-state index in [-0.39, 0.29) is 0 Å². The van der Waals surface area contributed by atoms with E-state index < -0.39 is 0 Å². The number of rotatable bonds is 8. The fourth-order valence-electron chi connectivity index (χ4n) is 3.13. The minimum atomic E-state index is 0.679. The van der Waals surface area contributed by atoms with Gasteiger partial charge in [-0.1, -0.05) is 63.3 Å². The molecular weight excluding hydrogens is 338 g/mol. The lowest BCUT2D eigenvalue weighted by Crippen LogP contribution is -2.29. The van der Waals surface area contributed by atoms with Crippen LogP contribution in [0.25, 0.3) is 21.8 Å². The number of hydrogen-bond donors (Lipinski definition) is 2. The van der Waals surface area contributed by atoms with Crippen LogP contribution in [0.15, 0.2) is 48.5 Å². The Morgan fingerprint density at radius 2 is 1.65 bits per heavy atom. The van der Waals surface area contributed by atoms with Gasteiger partial charge in [-0.05, 0) is 42.9 Å². The van der Waals surface area contributed by atoms with Crippen LogP contribution in [0.3, 0.4) is 0 Å². The average Bonchev–Trinajstić information content (AvgIpc) is 2.65. The van der Waals surface area contributed by atoms with E-state index in [1.54, 1.807) is 0 Å². The number of benzene rings is 2. The van der Waals surface area contributed by atoms with Gasteiger partial charge >= 0.3 is 0 Å². The first-order valence-electron chi connectivity index (χ1n) is 9.60. The molecule has 0 radical (unpaired) electrons. The quantitative estimate of drug-likeness (QED) is 0.290. The Labute approximate surface area is 161 Å². The molecule has 0 unspecified atom stereocenters. The van der Waals surface area contributed by atoms with Crippen LogP contribution in [-0.4, -0.2) is 16.6 Å². The smallest absolute Gasteiger partial charge is 0.170 e. The highest BCUT2D eigenvalue weighted by molar-refractivity contribution is 7.80. The second kappa shape index (κ2) is 9.48. The van der Waals surface area contributed by atoms with Crippen LogP contribution in [0.2, 0.25) is 0 Å². The summed E-state index contributed by atoms with van der Waals surface area (Å²) in [6.07, 6.45) is 7.73. The van der Waals surface area contributed by atoms with Gasteiger partial charge in [-0.3, -0.25) is 0 Å². The van der Waals surface area contributed by atoms with Gasteiger partial charge < -0.3 is 10.6 Å². The fraction of sp³-hybridized carbons (Fsp3) is 0.364. The molecule has 0 amide bonds. The zero-order valence-corrected chi connectivity index (χ0v) is 16.2. The molecule has 3 rings (SSSR count). The monoisotopic (exact) mass is 365 g/mol. The number of nitrogens with zero attached hydrogens (tertiary/aromatic N) is 1. The van der Waals surface area contributed by atoms with Crippen molar-refractivity contribution in [3.05, 3.63) is 48.5 Å². The maximum Gasteiger partial charge on any atom is 0.170 e. The highest BCUT2D eigenvalue weighted by Crippen LogP contribution is 2.22. The highest BCUT2D eigenvalue weighted by Gasteiger charge is 2.02. The SMILES string of the molecule is CCCCCCCCNC(=S)Nc1ccc2cc3ccccc3nc2c1. The maximum atomic E-state index is 5.41. The van der Waals surface area contributed by atoms with Gasteiger partial charge in [0.05, 0.1) is 11.0 Å². The molecule has 0 aliphatic rings. The lowest BCUT2D eigenvalue weighted by atomic mass is 10.1. The van der Waals surface area contributed by atoms with Crippen molar-refractivity contribution in [2.75, 3.05) is 11.9 Å². The molecule has 0 fully saturated rings. The summed E-state index contributed by atoms with van der Waals surface area (Å²) in [5.74, 6) is 0. The molecule has 2 N–H and O–H groups in total. The Morgan fingerprint density at radius 3 is 2.54 bits per heavy atom. The van der Waals surface area contributed by atoms with E-state index in [2.05, 4.69) is 47.9 Å². The van der Waals surface area contributed by atoms with Crippen LogP contribution in [0.1, 0.15) is 45.4 Å². The van der Waals surface area contributed by atoms with Crippen molar-refractivity contribution in [2.24, 2.45) is 0 Å². The summed E-state index contributed by atoms with van der Waals surface area (Å²) in [6.45, 7) is 3.17.